The molecule has 20 heavy (non-hydrogen) atoms. The number of hydrogen-bond donors (Lipinski definition) is 0. The Morgan fingerprint density at radius 3 is 2.70 bits per heavy atom. The van der Waals surface area contributed by atoms with E-state index in [9.17, 15) is 8.42 Å². The molecule has 1 heterocycles. The van der Waals surface area contributed by atoms with Crippen molar-refractivity contribution in [2.45, 2.75) is 11.3 Å². The van der Waals surface area contributed by atoms with Crippen LogP contribution < -0.4 is 0 Å². The Kier molecular flexibility index (Phi) is 5.25. The second kappa shape index (κ2) is 6.58. The number of benzene rings is 1. The minimum absolute atomic E-state index is 0.238. The van der Waals surface area contributed by atoms with Crippen molar-refractivity contribution in [3.8, 4) is 0 Å². The van der Waals surface area contributed by atoms with Crippen LogP contribution in [0.1, 0.15) is 4.88 Å². The van der Waals surface area contributed by atoms with E-state index in [1.54, 1.807) is 24.5 Å². The van der Waals surface area contributed by atoms with Crippen LogP contribution in [0.5, 0.6) is 0 Å². The summed E-state index contributed by atoms with van der Waals surface area (Å²) in [6, 6.07) is 8.59. The normalized spacial score (nSPS) is 12.0. The Hall–Kier alpha value is -0.400. The zero-order valence-corrected chi connectivity index (χ0v) is 14.7. The predicted molar refractivity (Wildman–Crippen MR) is 87.0 cm³/mol. The molecule has 0 fully saturated rings. The molecule has 108 valence electrons. The van der Waals surface area contributed by atoms with Crippen LogP contribution in [0, 0.1) is 0 Å². The van der Waals surface area contributed by atoms with Gasteiger partial charge in [0, 0.05) is 22.9 Å². The molecule has 0 atom stereocenters. The Morgan fingerprint density at radius 2 is 2.10 bits per heavy atom. The van der Waals surface area contributed by atoms with Gasteiger partial charge in [0.05, 0.1) is 9.92 Å². The first-order chi connectivity index (χ1) is 9.41. The first kappa shape index (κ1) is 16.0. The summed E-state index contributed by atoms with van der Waals surface area (Å²) < 4.78 is 26.8. The highest BCUT2D eigenvalue weighted by molar-refractivity contribution is 9.10. The maximum Gasteiger partial charge on any atom is 0.242 e. The average molecular weight is 395 g/mol. The van der Waals surface area contributed by atoms with E-state index in [2.05, 4.69) is 15.9 Å². The summed E-state index contributed by atoms with van der Waals surface area (Å²) in [6.07, 6.45) is 0.710. The summed E-state index contributed by atoms with van der Waals surface area (Å²) in [6.45, 7) is 0.448. The van der Waals surface area contributed by atoms with Gasteiger partial charge in [0.15, 0.2) is 0 Å². The summed E-state index contributed by atoms with van der Waals surface area (Å²) >= 11 is 10.8. The Labute approximate surface area is 136 Å². The zero-order chi connectivity index (χ0) is 14.8. The number of thiophene rings is 1. The first-order valence-electron chi connectivity index (χ1n) is 5.85. The minimum atomic E-state index is -3.48. The summed E-state index contributed by atoms with van der Waals surface area (Å²) in [5.74, 6) is 0. The first-order valence-corrected chi connectivity index (χ1v) is 9.34. The lowest BCUT2D eigenvalue weighted by atomic mass is 10.3. The summed E-state index contributed by atoms with van der Waals surface area (Å²) in [5, 5.41) is 2.48. The summed E-state index contributed by atoms with van der Waals surface area (Å²) in [4.78, 5) is 1.41. The topological polar surface area (TPSA) is 37.4 Å². The molecule has 0 saturated heterocycles. The highest BCUT2D eigenvalue weighted by Gasteiger charge is 2.21. The zero-order valence-electron chi connectivity index (χ0n) is 10.7. The van der Waals surface area contributed by atoms with Crippen molar-refractivity contribution >= 4 is 48.9 Å². The van der Waals surface area contributed by atoms with Gasteiger partial charge in [-0.3, -0.25) is 0 Å². The van der Waals surface area contributed by atoms with Gasteiger partial charge in [-0.15, -0.1) is 11.3 Å². The molecular weight excluding hydrogens is 382 g/mol. The molecule has 1 aromatic heterocycles. The Morgan fingerprint density at radius 1 is 1.35 bits per heavy atom. The van der Waals surface area contributed by atoms with E-state index < -0.39 is 10.0 Å². The van der Waals surface area contributed by atoms with Gasteiger partial charge in [0.25, 0.3) is 0 Å². The molecule has 3 nitrogen and oxygen atoms in total. The van der Waals surface area contributed by atoms with Gasteiger partial charge < -0.3 is 0 Å². The largest absolute Gasteiger partial charge is 0.242 e. The maximum atomic E-state index is 12.4. The molecule has 0 aliphatic heterocycles. The molecule has 0 bridgehead atoms. The summed E-state index contributed by atoms with van der Waals surface area (Å²) in [7, 11) is -1.89. The summed E-state index contributed by atoms with van der Waals surface area (Å²) in [5.41, 5.74) is 0. The monoisotopic (exact) mass is 393 g/mol. The Balaban J connectivity index is 2.14. The molecule has 1 aromatic carbocycles. The van der Waals surface area contributed by atoms with E-state index >= 15 is 0 Å². The van der Waals surface area contributed by atoms with Gasteiger partial charge in [-0.2, -0.15) is 0 Å². The molecule has 0 saturated carbocycles. The van der Waals surface area contributed by atoms with Crippen molar-refractivity contribution in [2.24, 2.45) is 0 Å². The molecule has 0 aliphatic carbocycles. The second-order valence-electron chi connectivity index (χ2n) is 4.23. The average Bonchev–Trinajstić information content (AvgIpc) is 2.92. The fourth-order valence-electron chi connectivity index (χ4n) is 1.66. The molecule has 0 amide bonds. The van der Waals surface area contributed by atoms with Crippen LogP contribution in [0.25, 0.3) is 0 Å². The van der Waals surface area contributed by atoms with E-state index in [1.165, 1.54) is 21.3 Å². The maximum absolute atomic E-state index is 12.4. The third-order valence-electron chi connectivity index (χ3n) is 2.85. The van der Waals surface area contributed by atoms with Crippen LogP contribution in [0.2, 0.25) is 5.02 Å². The van der Waals surface area contributed by atoms with Gasteiger partial charge in [-0.1, -0.05) is 17.7 Å². The lowest BCUT2D eigenvalue weighted by molar-refractivity contribution is 0.473. The van der Waals surface area contributed by atoms with Crippen LogP contribution >= 0.6 is 38.9 Å². The molecular formula is C13H13BrClNO2S2. The van der Waals surface area contributed by atoms with Crippen LogP contribution in [-0.2, 0) is 16.4 Å². The molecule has 0 aliphatic rings. The lowest BCUT2D eigenvalue weighted by Gasteiger charge is -2.17. The standard InChI is InChI=1S/C13H13BrClNO2S2/c1-16(7-6-10-3-2-8-19-10)20(17,18)11-4-5-13(15)12(14)9-11/h2-5,8-9H,6-7H2,1H3. The number of sulfonamides is 1. The lowest BCUT2D eigenvalue weighted by Crippen LogP contribution is -2.28. The molecule has 2 rings (SSSR count). The highest BCUT2D eigenvalue weighted by atomic mass is 79.9. The van der Waals surface area contributed by atoms with Crippen LogP contribution in [0.15, 0.2) is 45.1 Å². The van der Waals surface area contributed by atoms with E-state index in [-0.39, 0.29) is 4.90 Å². The second-order valence-corrected chi connectivity index (χ2v) is 8.57. The third kappa shape index (κ3) is 3.62. The predicted octanol–water partition coefficient (Wildman–Crippen LogP) is 4.03. The SMILES string of the molecule is CN(CCc1cccs1)S(=O)(=O)c1ccc(Cl)c(Br)c1. The van der Waals surface area contributed by atoms with E-state index in [0.717, 1.165) is 0 Å². The Bertz CT molecular complexity index is 686. The van der Waals surface area contributed by atoms with Gasteiger partial charge in [0.1, 0.15) is 0 Å². The van der Waals surface area contributed by atoms with Crippen LogP contribution in [-0.4, -0.2) is 26.3 Å². The minimum Gasteiger partial charge on any atom is -0.207 e. The van der Waals surface area contributed by atoms with Gasteiger partial charge in [-0.05, 0) is 52.0 Å². The molecule has 7 heteroatoms. The number of nitrogens with zero attached hydrogens (tertiary/aromatic N) is 1. The molecule has 0 N–H and O–H groups in total. The fourth-order valence-corrected chi connectivity index (χ4v) is 4.20. The van der Waals surface area contributed by atoms with Crippen molar-refractivity contribution in [3.05, 3.63) is 50.1 Å². The number of rotatable bonds is 5. The van der Waals surface area contributed by atoms with E-state index in [4.69, 9.17) is 11.6 Å². The number of likely N-dealkylation sites (N-methyl/N-ethyl adjacent to an activating group) is 1. The molecule has 0 spiro atoms. The molecule has 0 radical (unpaired) electrons. The quantitative estimate of drug-likeness (QED) is 0.768. The smallest absolute Gasteiger partial charge is 0.207 e. The van der Waals surface area contributed by atoms with Crippen molar-refractivity contribution in [1.82, 2.24) is 4.31 Å². The fraction of sp³-hybridized carbons (Fsp3) is 0.231. The number of hydrogen-bond acceptors (Lipinski definition) is 3. The van der Waals surface area contributed by atoms with Crippen molar-refractivity contribution in [3.63, 3.8) is 0 Å². The van der Waals surface area contributed by atoms with Gasteiger partial charge in [-0.25, -0.2) is 12.7 Å². The van der Waals surface area contributed by atoms with Gasteiger partial charge in [0.2, 0.25) is 10.0 Å². The van der Waals surface area contributed by atoms with E-state index in [1.807, 2.05) is 17.5 Å². The third-order valence-corrected chi connectivity index (χ3v) is 6.86. The molecule has 0 unspecified atom stereocenters. The van der Waals surface area contributed by atoms with E-state index in [0.29, 0.717) is 22.5 Å². The highest BCUT2D eigenvalue weighted by Crippen LogP contribution is 2.26. The van der Waals surface area contributed by atoms with Crippen molar-refractivity contribution in [1.29, 1.82) is 0 Å². The van der Waals surface area contributed by atoms with Gasteiger partial charge >= 0.3 is 0 Å². The molecule has 2 aromatic rings. The number of halogens is 2. The van der Waals surface area contributed by atoms with Crippen LogP contribution in [0.3, 0.4) is 0 Å². The van der Waals surface area contributed by atoms with Crippen LogP contribution in [0.4, 0.5) is 0 Å². The van der Waals surface area contributed by atoms with Crippen molar-refractivity contribution in [2.75, 3.05) is 13.6 Å². The van der Waals surface area contributed by atoms with Crippen molar-refractivity contribution < 1.29 is 8.42 Å².